The molecule has 0 bridgehead atoms. The Morgan fingerprint density at radius 1 is 0.741 bits per heavy atom. The number of nitrogens with zero attached hydrogens (tertiary/aromatic N) is 1. The first-order chi connectivity index (χ1) is 13.0. The van der Waals surface area contributed by atoms with Crippen LogP contribution in [0.4, 0.5) is 11.4 Å². The molecule has 0 saturated carbocycles. The third-order valence-electron chi connectivity index (χ3n) is 4.04. The highest BCUT2D eigenvalue weighted by atomic mass is 16.2. The van der Waals surface area contributed by atoms with Gasteiger partial charge in [-0.15, -0.1) is 0 Å². The predicted molar refractivity (Wildman–Crippen MR) is 106 cm³/mol. The van der Waals surface area contributed by atoms with Crippen LogP contribution >= 0.6 is 0 Å². The second-order valence-corrected chi connectivity index (χ2v) is 6.21. The van der Waals surface area contributed by atoms with Gasteiger partial charge in [0, 0.05) is 36.4 Å². The predicted octanol–water partition coefficient (Wildman–Crippen LogP) is 3.12. The number of amides is 3. The Morgan fingerprint density at radius 2 is 1.37 bits per heavy atom. The number of anilines is 2. The first-order valence-corrected chi connectivity index (χ1v) is 8.37. The van der Waals surface area contributed by atoms with Crippen molar-refractivity contribution >= 4 is 39.9 Å². The molecule has 0 aliphatic heterocycles. The molecule has 2 N–H and O–H groups in total. The van der Waals surface area contributed by atoms with E-state index in [-0.39, 0.29) is 5.91 Å². The Bertz CT molecular complexity index is 1010. The smallest absolute Gasteiger partial charge is 0.314 e. The SMILES string of the molecule is CN(C)C(=O)c1ccc(NC(=O)C(=O)Nc2cccc3ccccc23)cc1. The molecule has 3 aromatic carbocycles. The molecule has 6 heteroatoms. The van der Waals surface area contributed by atoms with Crippen molar-refractivity contribution in [3.05, 3.63) is 72.3 Å². The molecule has 0 aromatic heterocycles. The summed E-state index contributed by atoms with van der Waals surface area (Å²) in [6.07, 6.45) is 0. The second kappa shape index (κ2) is 7.70. The van der Waals surface area contributed by atoms with E-state index in [0.717, 1.165) is 10.8 Å². The Kier molecular flexibility index (Phi) is 5.17. The summed E-state index contributed by atoms with van der Waals surface area (Å²) in [5.41, 5.74) is 1.50. The van der Waals surface area contributed by atoms with E-state index in [1.54, 1.807) is 44.4 Å². The van der Waals surface area contributed by atoms with E-state index in [1.165, 1.54) is 4.90 Å². The average molecular weight is 361 g/mol. The van der Waals surface area contributed by atoms with Crippen molar-refractivity contribution < 1.29 is 14.4 Å². The van der Waals surface area contributed by atoms with Crippen LogP contribution in [-0.4, -0.2) is 36.7 Å². The van der Waals surface area contributed by atoms with Gasteiger partial charge >= 0.3 is 11.8 Å². The minimum atomic E-state index is -0.783. The molecule has 27 heavy (non-hydrogen) atoms. The summed E-state index contributed by atoms with van der Waals surface area (Å²) in [7, 11) is 3.32. The largest absolute Gasteiger partial charge is 0.345 e. The van der Waals surface area contributed by atoms with Crippen LogP contribution in [-0.2, 0) is 9.59 Å². The third kappa shape index (κ3) is 4.12. The zero-order valence-electron chi connectivity index (χ0n) is 15.0. The van der Waals surface area contributed by atoms with Crippen LogP contribution in [0.1, 0.15) is 10.4 Å². The third-order valence-corrected chi connectivity index (χ3v) is 4.04. The van der Waals surface area contributed by atoms with E-state index in [9.17, 15) is 14.4 Å². The van der Waals surface area contributed by atoms with Gasteiger partial charge in [-0.1, -0.05) is 36.4 Å². The number of hydrogen-bond donors (Lipinski definition) is 2. The molecule has 0 unspecified atom stereocenters. The van der Waals surface area contributed by atoms with Gasteiger partial charge in [0.1, 0.15) is 0 Å². The van der Waals surface area contributed by atoms with Crippen molar-refractivity contribution in [1.29, 1.82) is 0 Å². The molecule has 0 spiro atoms. The first kappa shape index (κ1) is 18.1. The lowest BCUT2D eigenvalue weighted by molar-refractivity contribution is -0.132. The van der Waals surface area contributed by atoms with E-state index in [0.29, 0.717) is 16.9 Å². The van der Waals surface area contributed by atoms with E-state index in [2.05, 4.69) is 10.6 Å². The maximum absolute atomic E-state index is 12.2. The maximum atomic E-state index is 12.2. The van der Waals surface area contributed by atoms with Crippen molar-refractivity contribution in [2.75, 3.05) is 24.7 Å². The standard InChI is InChI=1S/C21H19N3O3/c1-24(2)21(27)15-10-12-16(13-11-15)22-19(25)20(26)23-18-9-5-7-14-6-3-4-8-17(14)18/h3-13H,1-2H3,(H,22,25)(H,23,26). The summed E-state index contributed by atoms with van der Waals surface area (Å²) < 4.78 is 0. The van der Waals surface area contributed by atoms with Crippen molar-refractivity contribution in [3.63, 3.8) is 0 Å². The average Bonchev–Trinajstić information content (AvgIpc) is 2.68. The summed E-state index contributed by atoms with van der Waals surface area (Å²) >= 11 is 0. The highest BCUT2D eigenvalue weighted by Crippen LogP contribution is 2.23. The Hall–Kier alpha value is -3.67. The van der Waals surface area contributed by atoms with E-state index >= 15 is 0 Å². The lowest BCUT2D eigenvalue weighted by Gasteiger charge is -2.11. The summed E-state index contributed by atoms with van der Waals surface area (Å²) in [6, 6.07) is 19.4. The molecular weight excluding hydrogens is 342 g/mol. The van der Waals surface area contributed by atoms with Crippen LogP contribution in [0, 0.1) is 0 Å². The maximum Gasteiger partial charge on any atom is 0.314 e. The van der Waals surface area contributed by atoms with Crippen LogP contribution in [0.15, 0.2) is 66.7 Å². The first-order valence-electron chi connectivity index (χ1n) is 8.37. The van der Waals surface area contributed by atoms with Gasteiger partial charge in [0.25, 0.3) is 5.91 Å². The van der Waals surface area contributed by atoms with Crippen molar-refractivity contribution in [2.24, 2.45) is 0 Å². The lowest BCUT2D eigenvalue weighted by Crippen LogP contribution is -2.29. The molecule has 136 valence electrons. The van der Waals surface area contributed by atoms with Crippen molar-refractivity contribution in [1.82, 2.24) is 4.90 Å². The van der Waals surface area contributed by atoms with Gasteiger partial charge in [0.2, 0.25) is 0 Å². The molecule has 0 fully saturated rings. The van der Waals surface area contributed by atoms with E-state index in [1.807, 2.05) is 36.4 Å². The number of nitrogens with one attached hydrogen (secondary N) is 2. The molecule has 0 saturated heterocycles. The number of hydrogen-bond acceptors (Lipinski definition) is 3. The van der Waals surface area contributed by atoms with Crippen molar-refractivity contribution in [2.45, 2.75) is 0 Å². The topological polar surface area (TPSA) is 78.5 Å². The van der Waals surface area contributed by atoms with Crippen LogP contribution in [0.3, 0.4) is 0 Å². The van der Waals surface area contributed by atoms with Crippen molar-refractivity contribution in [3.8, 4) is 0 Å². The highest BCUT2D eigenvalue weighted by Gasteiger charge is 2.15. The molecule has 6 nitrogen and oxygen atoms in total. The van der Waals surface area contributed by atoms with Gasteiger partial charge < -0.3 is 15.5 Å². The van der Waals surface area contributed by atoms with E-state index in [4.69, 9.17) is 0 Å². The van der Waals surface area contributed by atoms with E-state index < -0.39 is 11.8 Å². The molecule has 0 radical (unpaired) electrons. The number of benzene rings is 3. The zero-order chi connectivity index (χ0) is 19.4. The van der Waals surface area contributed by atoms with Gasteiger partial charge in [-0.05, 0) is 35.7 Å². The normalized spacial score (nSPS) is 10.3. The fourth-order valence-electron chi connectivity index (χ4n) is 2.66. The second-order valence-electron chi connectivity index (χ2n) is 6.21. The molecule has 3 amide bonds. The van der Waals surface area contributed by atoms with Crippen LogP contribution in [0.2, 0.25) is 0 Å². The van der Waals surface area contributed by atoms with Gasteiger partial charge in [0.05, 0.1) is 0 Å². The monoisotopic (exact) mass is 361 g/mol. The highest BCUT2D eigenvalue weighted by molar-refractivity contribution is 6.44. The van der Waals surface area contributed by atoms with Crippen LogP contribution in [0.5, 0.6) is 0 Å². The number of carbonyl (C=O) groups excluding carboxylic acids is 3. The molecular formula is C21H19N3O3. The molecule has 0 aliphatic carbocycles. The van der Waals surface area contributed by atoms with Gasteiger partial charge in [-0.2, -0.15) is 0 Å². The van der Waals surface area contributed by atoms with Crippen LogP contribution in [0.25, 0.3) is 10.8 Å². The van der Waals surface area contributed by atoms with Gasteiger partial charge in [-0.25, -0.2) is 0 Å². The Balaban J connectivity index is 1.69. The van der Waals surface area contributed by atoms with Crippen LogP contribution < -0.4 is 10.6 Å². The minimum absolute atomic E-state index is 0.137. The Morgan fingerprint density at radius 3 is 2.07 bits per heavy atom. The summed E-state index contributed by atoms with van der Waals surface area (Å²) in [6.45, 7) is 0. The summed E-state index contributed by atoms with van der Waals surface area (Å²) in [4.78, 5) is 37.8. The fourth-order valence-corrected chi connectivity index (χ4v) is 2.66. The number of carbonyl (C=O) groups is 3. The summed E-state index contributed by atoms with van der Waals surface area (Å²) in [5.74, 6) is -1.68. The van der Waals surface area contributed by atoms with Gasteiger partial charge in [-0.3, -0.25) is 14.4 Å². The molecule has 3 rings (SSSR count). The summed E-state index contributed by atoms with van der Waals surface area (Å²) in [5, 5.41) is 6.99. The van der Waals surface area contributed by atoms with Gasteiger partial charge in [0.15, 0.2) is 0 Å². The zero-order valence-corrected chi connectivity index (χ0v) is 15.0. The molecule has 0 aliphatic rings. The molecule has 0 heterocycles. The number of rotatable bonds is 3. The molecule has 3 aromatic rings. The number of fused-ring (bicyclic) bond motifs is 1. The minimum Gasteiger partial charge on any atom is -0.345 e. The Labute approximate surface area is 156 Å². The fraction of sp³-hybridized carbons (Fsp3) is 0.0952. The molecule has 0 atom stereocenters. The lowest BCUT2D eigenvalue weighted by atomic mass is 10.1. The quantitative estimate of drug-likeness (QED) is 0.704.